The van der Waals surface area contributed by atoms with Gasteiger partial charge in [0, 0.05) is 29.7 Å². The fourth-order valence-corrected chi connectivity index (χ4v) is 4.62. The third kappa shape index (κ3) is 5.92. The number of alkyl carbamates (subject to hydrolysis) is 1. The van der Waals surface area contributed by atoms with Gasteiger partial charge in [0.2, 0.25) is 5.95 Å². The molecule has 176 valence electrons. The number of nitrogens with one attached hydrogen (secondary N) is 1. The maximum atomic E-state index is 12.1. The maximum absolute atomic E-state index is 12.1. The molecule has 0 aliphatic carbocycles. The van der Waals surface area contributed by atoms with Gasteiger partial charge in [-0.15, -0.1) is 0 Å². The second-order valence-electron chi connectivity index (χ2n) is 9.56. The Morgan fingerprint density at radius 3 is 2.79 bits per heavy atom. The number of hydrogen-bond donors (Lipinski definition) is 1. The molecule has 1 fully saturated rings. The fourth-order valence-electron chi connectivity index (χ4n) is 4.25. The number of carbonyl (C=O) groups is 1. The zero-order chi connectivity index (χ0) is 23.6. The van der Waals surface area contributed by atoms with Gasteiger partial charge in [-0.1, -0.05) is 35.3 Å². The van der Waals surface area contributed by atoms with Crippen molar-refractivity contribution < 1.29 is 9.53 Å². The molecule has 1 amide bonds. The molecular formula is C25H30Cl2N4O2. The molecule has 33 heavy (non-hydrogen) atoms. The summed E-state index contributed by atoms with van der Waals surface area (Å²) in [6.07, 6.45) is 1.71. The summed E-state index contributed by atoms with van der Waals surface area (Å²) in [6, 6.07) is 13.7. The first kappa shape index (κ1) is 23.7. The van der Waals surface area contributed by atoms with Crippen LogP contribution < -0.4 is 10.2 Å². The summed E-state index contributed by atoms with van der Waals surface area (Å²) in [4.78, 5) is 19.4. The lowest BCUT2D eigenvalue weighted by atomic mass is 9.98. The highest BCUT2D eigenvalue weighted by Gasteiger charge is 2.26. The van der Waals surface area contributed by atoms with Crippen LogP contribution in [0.3, 0.4) is 0 Å². The SMILES string of the molecule is CC(C)(C)OC(=O)NC[C@H]1CCCN(c2nc3ccccc3n2Cc2cc(Cl)ccc2Cl)C1. The number of ether oxygens (including phenoxy) is 1. The van der Waals surface area contributed by atoms with E-state index in [0.717, 1.165) is 48.5 Å². The predicted octanol–water partition coefficient (Wildman–Crippen LogP) is 6.13. The van der Waals surface area contributed by atoms with Gasteiger partial charge in [-0.25, -0.2) is 9.78 Å². The second kappa shape index (κ2) is 9.82. The van der Waals surface area contributed by atoms with Crippen LogP contribution >= 0.6 is 23.2 Å². The van der Waals surface area contributed by atoms with Gasteiger partial charge >= 0.3 is 6.09 Å². The zero-order valence-electron chi connectivity index (χ0n) is 19.3. The number of fused-ring (bicyclic) bond motifs is 1. The number of amides is 1. The number of rotatable bonds is 5. The van der Waals surface area contributed by atoms with Crippen molar-refractivity contribution in [3.63, 3.8) is 0 Å². The van der Waals surface area contributed by atoms with E-state index in [1.165, 1.54) is 0 Å². The smallest absolute Gasteiger partial charge is 0.407 e. The Kier molecular flexibility index (Phi) is 7.05. The molecule has 1 N–H and O–H groups in total. The average Bonchev–Trinajstić information content (AvgIpc) is 3.12. The van der Waals surface area contributed by atoms with Crippen LogP contribution in [0.1, 0.15) is 39.2 Å². The van der Waals surface area contributed by atoms with Crippen molar-refractivity contribution in [3.05, 3.63) is 58.1 Å². The lowest BCUT2D eigenvalue weighted by Gasteiger charge is -2.34. The molecule has 0 bridgehead atoms. The molecule has 0 spiro atoms. The predicted molar refractivity (Wildman–Crippen MR) is 134 cm³/mol. The van der Waals surface area contributed by atoms with Crippen LogP contribution in [0.25, 0.3) is 11.0 Å². The number of aromatic nitrogens is 2. The molecule has 0 saturated carbocycles. The Labute approximate surface area is 204 Å². The molecule has 8 heteroatoms. The first-order chi connectivity index (χ1) is 15.7. The Hall–Kier alpha value is -2.44. The summed E-state index contributed by atoms with van der Waals surface area (Å²) in [5, 5.41) is 4.27. The minimum Gasteiger partial charge on any atom is -0.444 e. The molecule has 0 unspecified atom stereocenters. The van der Waals surface area contributed by atoms with Gasteiger partial charge in [-0.2, -0.15) is 0 Å². The van der Waals surface area contributed by atoms with Crippen molar-refractivity contribution >= 4 is 46.3 Å². The maximum Gasteiger partial charge on any atom is 0.407 e. The average molecular weight is 489 g/mol. The normalized spacial score (nSPS) is 16.8. The molecule has 1 aliphatic heterocycles. The third-order valence-electron chi connectivity index (χ3n) is 5.71. The Morgan fingerprint density at radius 2 is 2.00 bits per heavy atom. The molecular weight excluding hydrogens is 459 g/mol. The molecule has 1 saturated heterocycles. The third-order valence-corrected chi connectivity index (χ3v) is 6.31. The number of anilines is 1. The van der Waals surface area contributed by atoms with Gasteiger partial charge in [0.25, 0.3) is 0 Å². The van der Waals surface area contributed by atoms with Crippen molar-refractivity contribution in [1.29, 1.82) is 0 Å². The molecule has 2 heterocycles. The molecule has 6 nitrogen and oxygen atoms in total. The highest BCUT2D eigenvalue weighted by Crippen LogP contribution is 2.30. The van der Waals surface area contributed by atoms with E-state index in [1.807, 2.05) is 51.1 Å². The molecule has 0 radical (unpaired) electrons. The van der Waals surface area contributed by atoms with Crippen molar-refractivity contribution in [2.45, 2.75) is 45.8 Å². The molecule has 2 aromatic carbocycles. The summed E-state index contributed by atoms with van der Waals surface area (Å²) in [6.45, 7) is 8.47. The van der Waals surface area contributed by atoms with Gasteiger partial charge in [-0.3, -0.25) is 0 Å². The minimum atomic E-state index is -0.505. The van der Waals surface area contributed by atoms with E-state index in [0.29, 0.717) is 29.1 Å². The Morgan fingerprint density at radius 1 is 1.21 bits per heavy atom. The van der Waals surface area contributed by atoms with Gasteiger partial charge < -0.3 is 19.5 Å². The van der Waals surface area contributed by atoms with E-state index in [1.54, 1.807) is 6.07 Å². The lowest BCUT2D eigenvalue weighted by Crippen LogP contribution is -2.43. The quantitative estimate of drug-likeness (QED) is 0.468. The van der Waals surface area contributed by atoms with E-state index < -0.39 is 5.60 Å². The van der Waals surface area contributed by atoms with Crippen LogP contribution in [0.15, 0.2) is 42.5 Å². The monoisotopic (exact) mass is 488 g/mol. The highest BCUT2D eigenvalue weighted by atomic mass is 35.5. The van der Waals surface area contributed by atoms with Crippen LogP contribution in [0, 0.1) is 5.92 Å². The molecule has 4 rings (SSSR count). The number of nitrogens with zero attached hydrogens (tertiary/aromatic N) is 3. The van der Waals surface area contributed by atoms with Crippen LogP contribution in [0.4, 0.5) is 10.7 Å². The topological polar surface area (TPSA) is 59.4 Å². The molecule has 1 aromatic heterocycles. The minimum absolute atomic E-state index is 0.314. The summed E-state index contributed by atoms with van der Waals surface area (Å²) < 4.78 is 7.59. The highest BCUT2D eigenvalue weighted by molar-refractivity contribution is 6.33. The fraction of sp³-hybridized carbons (Fsp3) is 0.440. The van der Waals surface area contributed by atoms with E-state index in [2.05, 4.69) is 20.9 Å². The van der Waals surface area contributed by atoms with Crippen molar-refractivity contribution in [3.8, 4) is 0 Å². The summed E-state index contributed by atoms with van der Waals surface area (Å²) in [5.41, 5.74) is 2.45. The van der Waals surface area contributed by atoms with Crippen LogP contribution in [0.5, 0.6) is 0 Å². The summed E-state index contributed by atoms with van der Waals surface area (Å²) in [7, 11) is 0. The number of carbonyl (C=O) groups excluding carboxylic acids is 1. The number of halogens is 2. The molecule has 3 aromatic rings. The Balaban J connectivity index is 1.55. The Bertz CT molecular complexity index is 1140. The number of hydrogen-bond acceptors (Lipinski definition) is 4. The number of para-hydroxylation sites is 2. The summed E-state index contributed by atoms with van der Waals surface area (Å²) in [5.74, 6) is 1.23. The number of piperidine rings is 1. The first-order valence-corrected chi connectivity index (χ1v) is 12.1. The zero-order valence-corrected chi connectivity index (χ0v) is 20.8. The van der Waals surface area contributed by atoms with E-state index >= 15 is 0 Å². The van der Waals surface area contributed by atoms with Crippen molar-refractivity contribution in [2.24, 2.45) is 5.92 Å². The number of imidazole rings is 1. The van der Waals surface area contributed by atoms with Crippen LogP contribution in [-0.2, 0) is 11.3 Å². The van der Waals surface area contributed by atoms with Gasteiger partial charge in [0.15, 0.2) is 0 Å². The largest absolute Gasteiger partial charge is 0.444 e. The van der Waals surface area contributed by atoms with E-state index in [4.69, 9.17) is 32.9 Å². The van der Waals surface area contributed by atoms with E-state index in [-0.39, 0.29) is 6.09 Å². The van der Waals surface area contributed by atoms with Crippen LogP contribution in [0.2, 0.25) is 10.0 Å². The number of benzene rings is 2. The van der Waals surface area contributed by atoms with Crippen molar-refractivity contribution in [2.75, 3.05) is 24.5 Å². The second-order valence-corrected chi connectivity index (χ2v) is 10.4. The summed E-state index contributed by atoms with van der Waals surface area (Å²) >= 11 is 12.7. The molecule has 1 aliphatic rings. The van der Waals surface area contributed by atoms with Gasteiger partial charge in [-0.05, 0) is 75.4 Å². The standard InChI is InChI=1S/C25H30Cl2N4O2/c1-25(2,3)33-24(32)28-14-17-7-6-12-30(15-17)23-29-21-8-4-5-9-22(21)31(23)16-18-13-19(26)10-11-20(18)27/h4-5,8-11,13,17H,6-7,12,14-16H2,1-3H3,(H,28,32)/t17-/m1/s1. The van der Waals surface area contributed by atoms with E-state index in [9.17, 15) is 4.79 Å². The van der Waals surface area contributed by atoms with Gasteiger partial charge in [0.1, 0.15) is 5.60 Å². The first-order valence-electron chi connectivity index (χ1n) is 11.3. The lowest BCUT2D eigenvalue weighted by molar-refractivity contribution is 0.0517. The van der Waals surface area contributed by atoms with Crippen LogP contribution in [-0.4, -0.2) is 40.9 Å². The van der Waals surface area contributed by atoms with Crippen molar-refractivity contribution in [1.82, 2.24) is 14.9 Å². The molecule has 1 atom stereocenters. The van der Waals surface area contributed by atoms with Gasteiger partial charge in [0.05, 0.1) is 17.6 Å².